The lowest BCUT2D eigenvalue weighted by Gasteiger charge is -2.19. The van der Waals surface area contributed by atoms with E-state index >= 15 is 0 Å². The van der Waals surface area contributed by atoms with E-state index < -0.39 is 11.9 Å². The molecule has 1 aliphatic heterocycles. The first-order chi connectivity index (χ1) is 14.9. The molecule has 0 saturated carbocycles. The molecule has 3 heterocycles. The molecule has 0 radical (unpaired) electrons. The van der Waals surface area contributed by atoms with Crippen LogP contribution in [-0.2, 0) is 17.9 Å². The van der Waals surface area contributed by atoms with Crippen molar-refractivity contribution < 1.29 is 13.9 Å². The SMILES string of the molecule is C=C(/C=C(C#N)\C=C/C)Cn1cc(F)c(CN[C@H]2COc3cccnc3N(C)C2=O)n1. The minimum atomic E-state index is -0.680. The summed E-state index contributed by atoms with van der Waals surface area (Å²) in [6.07, 6.45) is 7.89. The van der Waals surface area contributed by atoms with Gasteiger partial charge in [0.25, 0.3) is 0 Å². The lowest BCUT2D eigenvalue weighted by Crippen LogP contribution is -2.47. The second-order valence-electron chi connectivity index (χ2n) is 6.96. The monoisotopic (exact) mass is 422 g/mol. The van der Waals surface area contributed by atoms with Gasteiger partial charge in [0.05, 0.1) is 24.4 Å². The lowest BCUT2D eigenvalue weighted by molar-refractivity contribution is -0.120. The van der Waals surface area contributed by atoms with Crippen molar-refractivity contribution in [2.75, 3.05) is 18.6 Å². The smallest absolute Gasteiger partial charge is 0.248 e. The fourth-order valence-electron chi connectivity index (χ4n) is 3.10. The molecule has 0 aliphatic carbocycles. The zero-order chi connectivity index (χ0) is 22.4. The maximum atomic E-state index is 14.4. The summed E-state index contributed by atoms with van der Waals surface area (Å²) >= 11 is 0. The van der Waals surface area contributed by atoms with Crippen LogP contribution in [-0.4, -0.2) is 40.4 Å². The van der Waals surface area contributed by atoms with Crippen LogP contribution in [0.25, 0.3) is 0 Å². The molecule has 9 heteroatoms. The number of pyridine rings is 1. The minimum absolute atomic E-state index is 0.0422. The van der Waals surface area contributed by atoms with E-state index in [1.54, 1.807) is 43.6 Å². The van der Waals surface area contributed by atoms with E-state index in [1.807, 2.05) is 6.92 Å². The highest BCUT2D eigenvalue weighted by atomic mass is 19.1. The Morgan fingerprint density at radius 1 is 1.55 bits per heavy atom. The van der Waals surface area contributed by atoms with Crippen LogP contribution in [0.15, 0.2) is 60.5 Å². The molecule has 3 rings (SSSR count). The Kier molecular flexibility index (Phi) is 6.95. The number of nitriles is 1. The first-order valence-corrected chi connectivity index (χ1v) is 9.65. The number of likely N-dealkylation sites (N-methyl/N-ethyl adjacent to an activating group) is 1. The normalized spacial score (nSPS) is 16.6. The van der Waals surface area contributed by atoms with Crippen molar-refractivity contribution in [2.24, 2.45) is 0 Å². The number of allylic oxidation sites excluding steroid dienone is 5. The van der Waals surface area contributed by atoms with Gasteiger partial charge >= 0.3 is 0 Å². The van der Waals surface area contributed by atoms with Gasteiger partial charge in [0.1, 0.15) is 18.3 Å². The van der Waals surface area contributed by atoms with Crippen LogP contribution in [0.3, 0.4) is 0 Å². The summed E-state index contributed by atoms with van der Waals surface area (Å²) in [6, 6.07) is 4.85. The van der Waals surface area contributed by atoms with E-state index in [1.165, 1.54) is 15.8 Å². The van der Waals surface area contributed by atoms with Gasteiger partial charge in [-0.2, -0.15) is 10.4 Å². The van der Waals surface area contributed by atoms with Crippen molar-refractivity contribution in [3.8, 4) is 11.8 Å². The number of rotatable bonds is 7. The number of nitrogens with zero attached hydrogens (tertiary/aromatic N) is 5. The van der Waals surface area contributed by atoms with Gasteiger partial charge in [-0.1, -0.05) is 12.7 Å². The van der Waals surface area contributed by atoms with E-state index in [9.17, 15) is 9.18 Å². The third kappa shape index (κ3) is 5.24. The highest BCUT2D eigenvalue weighted by Gasteiger charge is 2.30. The van der Waals surface area contributed by atoms with Crippen molar-refractivity contribution in [1.82, 2.24) is 20.1 Å². The van der Waals surface area contributed by atoms with Crippen molar-refractivity contribution in [2.45, 2.75) is 26.1 Å². The average molecular weight is 422 g/mol. The second-order valence-corrected chi connectivity index (χ2v) is 6.96. The first-order valence-electron chi connectivity index (χ1n) is 9.65. The van der Waals surface area contributed by atoms with Crippen LogP contribution in [0.5, 0.6) is 5.75 Å². The molecule has 31 heavy (non-hydrogen) atoms. The summed E-state index contributed by atoms with van der Waals surface area (Å²) in [5.74, 6) is 0.218. The maximum Gasteiger partial charge on any atom is 0.248 e. The molecule has 1 N–H and O–H groups in total. The summed E-state index contributed by atoms with van der Waals surface area (Å²) in [6.45, 7) is 6.07. The van der Waals surface area contributed by atoms with Crippen LogP contribution < -0.4 is 15.0 Å². The van der Waals surface area contributed by atoms with Crippen molar-refractivity contribution >= 4 is 11.7 Å². The van der Waals surface area contributed by atoms with Gasteiger partial charge in [-0.15, -0.1) is 0 Å². The Bertz CT molecular complexity index is 1080. The summed E-state index contributed by atoms with van der Waals surface area (Å²) in [4.78, 5) is 18.3. The van der Waals surface area contributed by atoms with Gasteiger partial charge in [0.2, 0.25) is 5.91 Å². The van der Waals surface area contributed by atoms with E-state index in [0.717, 1.165) is 0 Å². The molecule has 0 unspecified atom stereocenters. The maximum absolute atomic E-state index is 14.4. The number of carbonyl (C=O) groups is 1. The zero-order valence-electron chi connectivity index (χ0n) is 17.4. The second kappa shape index (κ2) is 9.82. The van der Waals surface area contributed by atoms with Crippen LogP contribution >= 0.6 is 0 Å². The van der Waals surface area contributed by atoms with Gasteiger partial charge in [0, 0.05) is 19.8 Å². The standard InChI is InChI=1S/C22H23FN6O2/c1-4-6-16(10-24)9-15(2)12-29-13-17(23)18(27-29)11-26-19-14-31-20-7-5-8-25-21(20)28(3)22(19)30/h4-9,13,19,26H,2,11-12,14H2,1,3H3/b6-4-,16-9+/t19-/m0/s1. The molecule has 1 aliphatic rings. The molecule has 160 valence electrons. The third-order valence-electron chi connectivity index (χ3n) is 4.61. The number of halogens is 1. The predicted molar refractivity (Wildman–Crippen MR) is 114 cm³/mol. The number of nitrogens with one attached hydrogen (secondary N) is 1. The number of hydrogen-bond donors (Lipinski definition) is 1. The fraction of sp³-hybridized carbons (Fsp3) is 0.273. The molecule has 8 nitrogen and oxygen atoms in total. The van der Waals surface area contributed by atoms with Gasteiger partial charge < -0.3 is 4.74 Å². The fourth-order valence-corrected chi connectivity index (χ4v) is 3.10. The van der Waals surface area contributed by atoms with Crippen LogP contribution in [0, 0.1) is 17.1 Å². The molecule has 1 amide bonds. The summed E-state index contributed by atoms with van der Waals surface area (Å²) < 4.78 is 21.5. The van der Waals surface area contributed by atoms with Crippen LogP contribution in [0.2, 0.25) is 0 Å². The molecule has 2 aromatic heterocycles. The summed E-state index contributed by atoms with van der Waals surface area (Å²) in [5.41, 5.74) is 1.23. The van der Waals surface area contributed by atoms with Gasteiger partial charge in [-0.05, 0) is 36.8 Å². The number of amides is 1. The lowest BCUT2D eigenvalue weighted by atomic mass is 10.2. The van der Waals surface area contributed by atoms with Crippen molar-refractivity contribution in [1.29, 1.82) is 5.26 Å². The Morgan fingerprint density at radius 2 is 2.35 bits per heavy atom. The number of fused-ring (bicyclic) bond motifs is 1. The molecule has 0 bridgehead atoms. The Hall–Kier alpha value is -3.77. The first kappa shape index (κ1) is 21.9. The minimum Gasteiger partial charge on any atom is -0.488 e. The average Bonchev–Trinajstić information content (AvgIpc) is 3.05. The third-order valence-corrected chi connectivity index (χ3v) is 4.61. The van der Waals surface area contributed by atoms with Crippen LogP contribution in [0.1, 0.15) is 12.6 Å². The number of aromatic nitrogens is 3. The summed E-state index contributed by atoms with van der Waals surface area (Å²) in [7, 11) is 1.62. The number of ether oxygens (including phenoxy) is 1. The molecule has 0 spiro atoms. The molecule has 0 fully saturated rings. The predicted octanol–water partition coefficient (Wildman–Crippen LogP) is 2.51. The van der Waals surface area contributed by atoms with E-state index in [4.69, 9.17) is 10.00 Å². The molecular weight excluding hydrogens is 399 g/mol. The highest BCUT2D eigenvalue weighted by molar-refractivity contribution is 5.97. The molecule has 0 saturated heterocycles. The summed E-state index contributed by atoms with van der Waals surface area (Å²) in [5, 5.41) is 16.3. The van der Waals surface area contributed by atoms with Gasteiger partial charge in [-0.3, -0.25) is 19.7 Å². The molecule has 0 aromatic carbocycles. The number of carbonyl (C=O) groups excluding carboxylic acids is 1. The van der Waals surface area contributed by atoms with Gasteiger partial charge in [-0.25, -0.2) is 9.37 Å². The number of hydrogen-bond acceptors (Lipinski definition) is 6. The van der Waals surface area contributed by atoms with E-state index in [-0.39, 0.29) is 31.3 Å². The molecule has 1 atom stereocenters. The quantitative estimate of drug-likeness (QED) is 0.544. The highest BCUT2D eigenvalue weighted by Crippen LogP contribution is 2.27. The van der Waals surface area contributed by atoms with Crippen molar-refractivity contribution in [3.05, 3.63) is 72.0 Å². The Morgan fingerprint density at radius 3 is 3.10 bits per heavy atom. The Balaban J connectivity index is 1.64. The van der Waals surface area contributed by atoms with E-state index in [2.05, 4.69) is 28.0 Å². The Labute approximate surface area is 179 Å². The van der Waals surface area contributed by atoms with E-state index in [0.29, 0.717) is 22.7 Å². The largest absolute Gasteiger partial charge is 0.488 e. The van der Waals surface area contributed by atoms with Crippen LogP contribution in [0.4, 0.5) is 10.2 Å². The zero-order valence-corrected chi connectivity index (χ0v) is 17.4. The number of anilines is 1. The topological polar surface area (TPSA) is 96.1 Å². The van der Waals surface area contributed by atoms with Gasteiger partial charge in [0.15, 0.2) is 17.4 Å². The molecular formula is C22H23FN6O2. The van der Waals surface area contributed by atoms with Crippen molar-refractivity contribution in [3.63, 3.8) is 0 Å². The molecule has 2 aromatic rings.